The summed E-state index contributed by atoms with van der Waals surface area (Å²) in [4.78, 5) is 26.7. The average molecular weight is 240 g/mol. The van der Waals surface area contributed by atoms with Gasteiger partial charge in [0.05, 0.1) is 7.11 Å². The first-order valence-electron chi connectivity index (χ1n) is 5.20. The van der Waals surface area contributed by atoms with E-state index in [0.29, 0.717) is 18.7 Å². The third-order valence-corrected chi connectivity index (χ3v) is 2.23. The standard InChI is InChI=1S/C10H16N4O3/c1-7-6-9(16)14(10(12-7)17-2)5-3-4-8(15)13-11/h6H,3-5,11H2,1-2H3,(H,13,15). The molecule has 0 radical (unpaired) electrons. The van der Waals surface area contributed by atoms with Crippen molar-refractivity contribution in [2.24, 2.45) is 5.84 Å². The van der Waals surface area contributed by atoms with E-state index in [1.54, 1.807) is 6.92 Å². The van der Waals surface area contributed by atoms with Gasteiger partial charge in [0, 0.05) is 24.7 Å². The topological polar surface area (TPSA) is 99.2 Å². The monoisotopic (exact) mass is 240 g/mol. The zero-order chi connectivity index (χ0) is 12.8. The number of ether oxygens (including phenoxy) is 1. The maximum absolute atomic E-state index is 11.7. The predicted molar refractivity (Wildman–Crippen MR) is 61.4 cm³/mol. The minimum absolute atomic E-state index is 0.192. The molecule has 1 rings (SSSR count). The average Bonchev–Trinajstić information content (AvgIpc) is 2.30. The highest BCUT2D eigenvalue weighted by Gasteiger charge is 2.07. The van der Waals surface area contributed by atoms with Crippen molar-refractivity contribution < 1.29 is 9.53 Å². The second-order valence-electron chi connectivity index (χ2n) is 3.55. The van der Waals surface area contributed by atoms with Crippen LogP contribution in [0.25, 0.3) is 0 Å². The zero-order valence-corrected chi connectivity index (χ0v) is 9.90. The van der Waals surface area contributed by atoms with Gasteiger partial charge in [-0.3, -0.25) is 19.6 Å². The molecule has 0 fully saturated rings. The molecule has 17 heavy (non-hydrogen) atoms. The number of aryl methyl sites for hydroxylation is 1. The number of carbonyl (C=O) groups is 1. The molecular formula is C10H16N4O3. The van der Waals surface area contributed by atoms with Gasteiger partial charge < -0.3 is 4.74 Å². The largest absolute Gasteiger partial charge is 0.468 e. The van der Waals surface area contributed by atoms with E-state index in [1.807, 2.05) is 5.43 Å². The molecule has 3 N–H and O–H groups in total. The molecule has 0 aliphatic rings. The summed E-state index contributed by atoms with van der Waals surface area (Å²) in [5.74, 6) is 4.69. The van der Waals surface area contributed by atoms with Gasteiger partial charge in [-0.15, -0.1) is 0 Å². The Morgan fingerprint density at radius 3 is 2.94 bits per heavy atom. The fourth-order valence-corrected chi connectivity index (χ4v) is 1.43. The molecule has 1 aromatic heterocycles. The van der Waals surface area contributed by atoms with E-state index in [1.165, 1.54) is 17.7 Å². The Balaban J connectivity index is 2.76. The fraction of sp³-hybridized carbons (Fsp3) is 0.500. The molecule has 0 aliphatic heterocycles. The van der Waals surface area contributed by atoms with Gasteiger partial charge in [-0.2, -0.15) is 0 Å². The van der Waals surface area contributed by atoms with E-state index in [0.717, 1.165) is 0 Å². The van der Waals surface area contributed by atoms with Crippen LogP contribution in [0.1, 0.15) is 18.5 Å². The summed E-state index contributed by atoms with van der Waals surface area (Å²) in [5.41, 5.74) is 2.44. The number of methoxy groups -OCH3 is 1. The number of nitrogens with two attached hydrogens (primary N) is 1. The third-order valence-electron chi connectivity index (χ3n) is 2.23. The van der Waals surface area contributed by atoms with Gasteiger partial charge >= 0.3 is 0 Å². The highest BCUT2D eigenvalue weighted by molar-refractivity contribution is 5.75. The number of hydrogen-bond donors (Lipinski definition) is 2. The maximum atomic E-state index is 11.7. The Bertz CT molecular complexity index is 455. The normalized spacial score (nSPS) is 10.1. The number of hydrazine groups is 1. The van der Waals surface area contributed by atoms with Gasteiger partial charge in [0.2, 0.25) is 5.91 Å². The summed E-state index contributed by atoms with van der Waals surface area (Å²) in [6.45, 7) is 2.08. The number of carbonyl (C=O) groups excluding carboxylic acids is 1. The lowest BCUT2D eigenvalue weighted by Gasteiger charge is -2.10. The number of amides is 1. The van der Waals surface area contributed by atoms with Crippen LogP contribution in [0.3, 0.4) is 0 Å². The summed E-state index contributed by atoms with van der Waals surface area (Å²) in [6, 6.07) is 1.68. The Morgan fingerprint density at radius 1 is 1.65 bits per heavy atom. The van der Waals surface area contributed by atoms with Crippen molar-refractivity contribution in [3.8, 4) is 6.01 Å². The van der Waals surface area contributed by atoms with Crippen LogP contribution in [0.5, 0.6) is 6.01 Å². The Kier molecular flexibility index (Phi) is 4.65. The van der Waals surface area contributed by atoms with Crippen molar-refractivity contribution in [1.82, 2.24) is 15.0 Å². The molecule has 94 valence electrons. The highest BCUT2D eigenvalue weighted by atomic mass is 16.5. The lowest BCUT2D eigenvalue weighted by Crippen LogP contribution is -2.30. The minimum atomic E-state index is -0.267. The first kappa shape index (κ1) is 13.2. The van der Waals surface area contributed by atoms with Gasteiger partial charge in [-0.25, -0.2) is 10.8 Å². The molecule has 0 atom stereocenters. The van der Waals surface area contributed by atoms with Crippen LogP contribution in [-0.4, -0.2) is 22.6 Å². The lowest BCUT2D eigenvalue weighted by molar-refractivity contribution is -0.121. The molecule has 1 heterocycles. The summed E-state index contributed by atoms with van der Waals surface area (Å²) < 4.78 is 6.40. The van der Waals surface area contributed by atoms with E-state index in [-0.39, 0.29) is 23.9 Å². The van der Waals surface area contributed by atoms with E-state index in [2.05, 4.69) is 4.98 Å². The molecule has 0 bridgehead atoms. The highest BCUT2D eigenvalue weighted by Crippen LogP contribution is 2.05. The molecule has 7 nitrogen and oxygen atoms in total. The zero-order valence-electron chi connectivity index (χ0n) is 9.90. The van der Waals surface area contributed by atoms with Crippen molar-refractivity contribution in [2.75, 3.05) is 7.11 Å². The van der Waals surface area contributed by atoms with Crippen molar-refractivity contribution in [1.29, 1.82) is 0 Å². The Hall–Kier alpha value is -1.89. The summed E-state index contributed by atoms with van der Waals surface area (Å²) >= 11 is 0. The Morgan fingerprint density at radius 2 is 2.35 bits per heavy atom. The molecule has 1 amide bonds. The molecule has 0 aromatic carbocycles. The van der Waals surface area contributed by atoms with Crippen molar-refractivity contribution in [2.45, 2.75) is 26.3 Å². The van der Waals surface area contributed by atoms with Crippen LogP contribution in [0.15, 0.2) is 10.9 Å². The van der Waals surface area contributed by atoms with E-state index < -0.39 is 0 Å². The molecular weight excluding hydrogens is 224 g/mol. The van der Waals surface area contributed by atoms with E-state index >= 15 is 0 Å². The van der Waals surface area contributed by atoms with Crippen molar-refractivity contribution in [3.05, 3.63) is 22.1 Å². The first-order chi connectivity index (χ1) is 8.08. The van der Waals surface area contributed by atoms with E-state index in [4.69, 9.17) is 10.6 Å². The number of rotatable bonds is 5. The number of aromatic nitrogens is 2. The van der Waals surface area contributed by atoms with Crippen LogP contribution < -0.4 is 21.6 Å². The van der Waals surface area contributed by atoms with Gasteiger partial charge in [0.1, 0.15) is 0 Å². The predicted octanol–water partition coefficient (Wildman–Crippen LogP) is -0.670. The van der Waals surface area contributed by atoms with Crippen LogP contribution in [0.2, 0.25) is 0 Å². The molecule has 0 saturated carbocycles. The second-order valence-corrected chi connectivity index (χ2v) is 3.55. The van der Waals surface area contributed by atoms with E-state index in [9.17, 15) is 9.59 Å². The Labute approximate surface area is 98.6 Å². The van der Waals surface area contributed by atoms with Gasteiger partial charge in [0.25, 0.3) is 11.6 Å². The second kappa shape index (κ2) is 6.00. The van der Waals surface area contributed by atoms with Gasteiger partial charge in [0.15, 0.2) is 0 Å². The SMILES string of the molecule is COc1nc(C)cc(=O)n1CCCC(=O)NN. The maximum Gasteiger partial charge on any atom is 0.299 e. The van der Waals surface area contributed by atoms with Crippen molar-refractivity contribution >= 4 is 5.91 Å². The van der Waals surface area contributed by atoms with Crippen LogP contribution in [0, 0.1) is 6.92 Å². The molecule has 0 spiro atoms. The molecule has 0 saturated heterocycles. The van der Waals surface area contributed by atoms with Crippen LogP contribution in [0.4, 0.5) is 0 Å². The van der Waals surface area contributed by atoms with Gasteiger partial charge in [-0.1, -0.05) is 0 Å². The molecule has 0 aliphatic carbocycles. The molecule has 7 heteroatoms. The first-order valence-corrected chi connectivity index (χ1v) is 5.20. The molecule has 1 aromatic rings. The fourth-order valence-electron chi connectivity index (χ4n) is 1.43. The quantitative estimate of drug-likeness (QED) is 0.404. The summed E-state index contributed by atoms with van der Waals surface area (Å²) in [7, 11) is 1.45. The lowest BCUT2D eigenvalue weighted by atomic mass is 10.3. The van der Waals surface area contributed by atoms with Crippen LogP contribution in [-0.2, 0) is 11.3 Å². The minimum Gasteiger partial charge on any atom is -0.468 e. The van der Waals surface area contributed by atoms with Crippen molar-refractivity contribution in [3.63, 3.8) is 0 Å². The number of hydrogen-bond acceptors (Lipinski definition) is 5. The number of nitrogens with zero attached hydrogens (tertiary/aromatic N) is 2. The summed E-state index contributed by atoms with van der Waals surface area (Å²) in [6.07, 6.45) is 0.740. The summed E-state index contributed by atoms with van der Waals surface area (Å²) in [5, 5.41) is 0. The molecule has 0 unspecified atom stereocenters. The van der Waals surface area contributed by atoms with Gasteiger partial charge in [-0.05, 0) is 13.3 Å². The van der Waals surface area contributed by atoms with Crippen LogP contribution >= 0.6 is 0 Å². The number of nitrogens with one attached hydrogen (secondary N) is 1. The smallest absolute Gasteiger partial charge is 0.299 e. The third kappa shape index (κ3) is 3.56.